The third-order valence-corrected chi connectivity index (χ3v) is 9.02. The number of carbonyl (C=O) groups excluding carboxylic acids is 1. The maximum absolute atomic E-state index is 13.4. The molecule has 1 aromatic carbocycles. The first kappa shape index (κ1) is 25.2. The highest BCUT2D eigenvalue weighted by Crippen LogP contribution is 2.42. The molecule has 35 heavy (non-hydrogen) atoms. The lowest BCUT2D eigenvalue weighted by Crippen LogP contribution is -2.25. The fourth-order valence-electron chi connectivity index (χ4n) is 3.67. The van der Waals surface area contributed by atoms with Crippen molar-refractivity contribution in [3.05, 3.63) is 63.4 Å². The number of benzene rings is 1. The van der Waals surface area contributed by atoms with E-state index in [4.69, 9.17) is 11.6 Å². The average Bonchev–Trinajstić information content (AvgIpc) is 3.38. The van der Waals surface area contributed by atoms with Crippen LogP contribution in [0.3, 0.4) is 0 Å². The van der Waals surface area contributed by atoms with Gasteiger partial charge >= 0.3 is 5.25 Å². The maximum Gasteiger partial charge on any atom is 0.347 e. The van der Waals surface area contributed by atoms with E-state index in [-0.39, 0.29) is 12.5 Å². The number of hydrogen-bond donors (Lipinski definition) is 1. The molecule has 0 spiro atoms. The normalized spacial score (nSPS) is 12.3. The molecule has 0 fully saturated rings. The highest BCUT2D eigenvalue weighted by Gasteiger charge is 2.40. The quantitative estimate of drug-likeness (QED) is 0.360. The number of sulfone groups is 1. The number of aryl methyl sites for hydroxylation is 3. The molecule has 0 saturated carbocycles. The van der Waals surface area contributed by atoms with Gasteiger partial charge in [-0.1, -0.05) is 23.7 Å². The maximum atomic E-state index is 13.4. The van der Waals surface area contributed by atoms with Crippen LogP contribution in [0.5, 0.6) is 0 Å². The number of rotatable bonds is 6. The summed E-state index contributed by atoms with van der Waals surface area (Å²) < 4.78 is 52.3. The molecule has 0 radical (unpaired) electrons. The summed E-state index contributed by atoms with van der Waals surface area (Å²) in [5.74, 6) is -0.364. The lowest BCUT2D eigenvalue weighted by molar-refractivity contribution is 0.0955. The van der Waals surface area contributed by atoms with Crippen LogP contribution in [-0.2, 0) is 23.4 Å². The summed E-state index contributed by atoms with van der Waals surface area (Å²) in [7, 11) is -3.00. The summed E-state index contributed by atoms with van der Waals surface area (Å²) in [4.78, 5) is 18.4. The Morgan fingerprint density at radius 2 is 1.89 bits per heavy atom. The number of thiophene rings is 1. The highest BCUT2D eigenvalue weighted by molar-refractivity contribution is 7.92. The predicted molar refractivity (Wildman–Crippen MR) is 132 cm³/mol. The van der Waals surface area contributed by atoms with Crippen LogP contribution in [0.4, 0.5) is 8.78 Å². The van der Waals surface area contributed by atoms with Gasteiger partial charge in [-0.05, 0) is 37.1 Å². The van der Waals surface area contributed by atoms with E-state index < -0.39 is 20.0 Å². The van der Waals surface area contributed by atoms with E-state index in [0.29, 0.717) is 38.5 Å². The monoisotopic (exact) mass is 538 g/mol. The molecule has 0 atom stereocenters. The number of halogens is 3. The van der Waals surface area contributed by atoms with Crippen LogP contribution in [0, 0.1) is 13.8 Å². The van der Waals surface area contributed by atoms with Crippen LogP contribution in [0.1, 0.15) is 33.4 Å². The molecule has 12 heteroatoms. The minimum Gasteiger partial charge on any atom is -0.347 e. The molecule has 4 rings (SSSR count). The summed E-state index contributed by atoms with van der Waals surface area (Å²) in [5.41, 5.74) is 3.44. The molecule has 3 heterocycles. The molecule has 3 aromatic heterocycles. The largest absolute Gasteiger partial charge is 0.347 e. The van der Waals surface area contributed by atoms with Crippen LogP contribution in [0.25, 0.3) is 21.3 Å². The number of pyridine rings is 1. The van der Waals surface area contributed by atoms with Gasteiger partial charge in [0.2, 0.25) is 9.84 Å². The number of fused-ring (bicyclic) bond motifs is 1. The molecule has 0 saturated heterocycles. The molecular weight excluding hydrogens is 518 g/mol. The number of hydrogen-bond acceptors (Lipinski definition) is 6. The van der Waals surface area contributed by atoms with Gasteiger partial charge in [0, 0.05) is 43.2 Å². The summed E-state index contributed by atoms with van der Waals surface area (Å²) in [6.45, 7) is 4.08. The zero-order chi connectivity index (χ0) is 25.7. The second kappa shape index (κ2) is 8.96. The molecule has 0 aliphatic rings. The molecule has 4 aromatic rings. The SMILES string of the molecule is Cc1nc2sc(C(=O)NCc3ccc(S(=O)(=O)C(C)(F)F)cc3)c(-c3cnn(C)c3)c2c(C)c1Cl. The third-order valence-electron chi connectivity index (χ3n) is 5.54. The van der Waals surface area contributed by atoms with E-state index in [1.54, 1.807) is 31.0 Å². The molecule has 7 nitrogen and oxygen atoms in total. The molecule has 1 amide bonds. The van der Waals surface area contributed by atoms with Crippen molar-refractivity contribution < 1.29 is 22.0 Å². The van der Waals surface area contributed by atoms with Crippen LogP contribution in [0.2, 0.25) is 5.02 Å². The van der Waals surface area contributed by atoms with Crippen molar-refractivity contribution in [1.82, 2.24) is 20.1 Å². The van der Waals surface area contributed by atoms with E-state index in [9.17, 15) is 22.0 Å². The van der Waals surface area contributed by atoms with Crippen molar-refractivity contribution in [3.8, 4) is 11.1 Å². The van der Waals surface area contributed by atoms with E-state index in [0.717, 1.165) is 28.6 Å². The summed E-state index contributed by atoms with van der Waals surface area (Å²) >= 11 is 7.69. The lowest BCUT2D eigenvalue weighted by atomic mass is 10.0. The Hall–Kier alpha value is -2.89. The first-order valence-electron chi connectivity index (χ1n) is 10.4. The smallest absolute Gasteiger partial charge is 0.347 e. The molecular formula is C23H21ClF2N4O3S2. The van der Waals surface area contributed by atoms with Crippen LogP contribution < -0.4 is 5.32 Å². The zero-order valence-electron chi connectivity index (χ0n) is 19.2. The van der Waals surface area contributed by atoms with Crippen molar-refractivity contribution in [2.24, 2.45) is 7.05 Å². The first-order chi connectivity index (χ1) is 16.3. The molecule has 0 aliphatic carbocycles. The van der Waals surface area contributed by atoms with Crippen molar-refractivity contribution in [1.29, 1.82) is 0 Å². The van der Waals surface area contributed by atoms with E-state index in [2.05, 4.69) is 15.4 Å². The minimum atomic E-state index is -4.77. The van der Waals surface area contributed by atoms with Crippen LogP contribution in [-0.4, -0.2) is 34.3 Å². The molecule has 0 unspecified atom stereocenters. The zero-order valence-corrected chi connectivity index (χ0v) is 21.6. The van der Waals surface area contributed by atoms with Gasteiger partial charge in [-0.25, -0.2) is 13.4 Å². The van der Waals surface area contributed by atoms with E-state index in [1.807, 2.05) is 6.92 Å². The van der Waals surface area contributed by atoms with Gasteiger partial charge in [0.15, 0.2) is 0 Å². The van der Waals surface area contributed by atoms with Crippen molar-refractivity contribution in [3.63, 3.8) is 0 Å². The standard InChI is InChI=1S/C23H21ClF2N4O3S2/c1-12-17-18(15-10-28-30(4)11-15)20(34-22(17)29-13(2)19(12)24)21(31)27-9-14-5-7-16(8-6-14)35(32,33)23(3,25)26/h5-8,10-11H,9H2,1-4H3,(H,27,31). The Labute approximate surface area is 209 Å². The highest BCUT2D eigenvalue weighted by atomic mass is 35.5. The number of amides is 1. The van der Waals surface area contributed by atoms with E-state index in [1.165, 1.54) is 23.5 Å². The van der Waals surface area contributed by atoms with Gasteiger partial charge in [-0.15, -0.1) is 11.3 Å². The summed E-state index contributed by atoms with van der Waals surface area (Å²) in [5, 5.41) is 4.45. The third kappa shape index (κ3) is 4.55. The van der Waals surface area contributed by atoms with Gasteiger partial charge in [-0.3, -0.25) is 9.48 Å². The number of carbonyl (C=O) groups is 1. The Morgan fingerprint density at radius 3 is 2.46 bits per heavy atom. The number of nitrogens with one attached hydrogen (secondary N) is 1. The van der Waals surface area contributed by atoms with Gasteiger partial charge in [0.1, 0.15) is 9.71 Å². The first-order valence-corrected chi connectivity index (χ1v) is 13.1. The van der Waals surface area contributed by atoms with Gasteiger partial charge < -0.3 is 5.32 Å². The van der Waals surface area contributed by atoms with Crippen molar-refractivity contribution in [2.75, 3.05) is 0 Å². The number of nitrogens with zero attached hydrogens (tertiary/aromatic N) is 3. The molecule has 184 valence electrons. The Kier molecular flexibility index (Phi) is 6.45. The Balaban J connectivity index is 1.66. The molecule has 1 N–H and O–H groups in total. The number of aromatic nitrogens is 3. The fourth-order valence-corrected chi connectivity index (χ4v) is 5.93. The summed E-state index contributed by atoms with van der Waals surface area (Å²) in [6, 6.07) is 4.99. The van der Waals surface area contributed by atoms with Gasteiger partial charge in [-0.2, -0.15) is 13.9 Å². The van der Waals surface area contributed by atoms with Crippen LogP contribution in [0.15, 0.2) is 41.6 Å². The topological polar surface area (TPSA) is 93.9 Å². The van der Waals surface area contributed by atoms with Gasteiger partial charge in [0.25, 0.3) is 5.91 Å². The average molecular weight is 539 g/mol. The second-order valence-corrected chi connectivity index (χ2v) is 11.7. The lowest BCUT2D eigenvalue weighted by Gasteiger charge is -2.12. The predicted octanol–water partition coefficient (Wildman–Crippen LogP) is 5.28. The van der Waals surface area contributed by atoms with Gasteiger partial charge in [0.05, 0.1) is 21.8 Å². The minimum absolute atomic E-state index is 0.0641. The number of alkyl halides is 2. The fraction of sp³-hybridized carbons (Fsp3) is 0.261. The van der Waals surface area contributed by atoms with Crippen LogP contribution >= 0.6 is 22.9 Å². The van der Waals surface area contributed by atoms with Crippen molar-refractivity contribution >= 4 is 48.9 Å². The second-order valence-electron chi connectivity index (χ2n) is 8.16. The molecule has 0 aliphatic heterocycles. The Morgan fingerprint density at radius 1 is 1.23 bits per heavy atom. The summed E-state index contributed by atoms with van der Waals surface area (Å²) in [6.07, 6.45) is 3.46. The van der Waals surface area contributed by atoms with E-state index >= 15 is 0 Å². The van der Waals surface area contributed by atoms with Crippen molar-refractivity contribution in [2.45, 2.75) is 37.5 Å². The Bertz CT molecular complexity index is 1560. The molecule has 0 bridgehead atoms.